The van der Waals surface area contributed by atoms with E-state index in [9.17, 15) is 8.42 Å². The summed E-state index contributed by atoms with van der Waals surface area (Å²) in [6, 6.07) is 0. The van der Waals surface area contributed by atoms with Crippen LogP contribution in [0.25, 0.3) is 0 Å². The third-order valence-corrected chi connectivity index (χ3v) is 6.61. The summed E-state index contributed by atoms with van der Waals surface area (Å²) in [5.41, 5.74) is 0. The van der Waals surface area contributed by atoms with E-state index in [0.29, 0.717) is 0 Å². The van der Waals surface area contributed by atoms with Gasteiger partial charge >= 0.3 is 0 Å². The van der Waals surface area contributed by atoms with Crippen molar-refractivity contribution in [1.82, 2.24) is 0 Å². The maximum atomic E-state index is 11.6. The summed E-state index contributed by atoms with van der Waals surface area (Å²) < 4.78 is 21.6. The number of sulfone groups is 1. The molecule has 0 aliphatic heterocycles. The van der Waals surface area contributed by atoms with Crippen molar-refractivity contribution in [3.05, 3.63) is 0 Å². The lowest BCUT2D eigenvalue weighted by molar-refractivity contribution is 0.562. The third kappa shape index (κ3) is 2.59. The van der Waals surface area contributed by atoms with Gasteiger partial charge in [-0.25, -0.2) is 8.42 Å². The average molecular weight is 232 g/mol. The molecule has 0 amide bonds. The molecule has 0 radical (unpaired) electrons. The quantitative estimate of drug-likeness (QED) is 0.641. The first-order valence-electron chi connectivity index (χ1n) is 3.11. The zero-order chi connectivity index (χ0) is 9.50. The zero-order valence-corrected chi connectivity index (χ0v) is 11.2. The molecule has 0 saturated carbocycles. The normalized spacial score (nSPS) is 15.1. The third-order valence-electron chi connectivity index (χ3n) is 1.27. The van der Waals surface area contributed by atoms with E-state index in [2.05, 4.69) is 27.7 Å². The van der Waals surface area contributed by atoms with Crippen molar-refractivity contribution in [2.24, 2.45) is 0 Å². The minimum absolute atomic E-state index is 0.710. The Hall–Kier alpha value is 1.24. The lowest BCUT2D eigenvalue weighted by atomic mass is 10.3. The first-order valence-corrected chi connectivity index (χ1v) is 6.32. The predicted molar refractivity (Wildman–Crippen MR) is 60.5 cm³/mol. The lowest BCUT2D eigenvalue weighted by Crippen LogP contribution is -2.36. The van der Waals surface area contributed by atoms with E-state index in [1.165, 1.54) is 0 Å². The van der Waals surface area contributed by atoms with Crippen molar-refractivity contribution in [3.63, 3.8) is 0 Å². The van der Waals surface area contributed by atoms with Gasteiger partial charge in [0.15, 0.2) is 9.84 Å². The molecule has 11 heavy (non-hydrogen) atoms. The maximum absolute atomic E-state index is 11.6. The fourth-order valence-electron chi connectivity index (χ4n) is 0.530. The molecular formula is C5H15O2P3S. The molecule has 0 saturated heterocycles. The van der Waals surface area contributed by atoms with Gasteiger partial charge in [-0.3, -0.25) is 0 Å². The second-order valence-electron chi connectivity index (χ2n) is 3.47. The van der Waals surface area contributed by atoms with Crippen molar-refractivity contribution in [1.29, 1.82) is 0 Å². The molecule has 0 fully saturated rings. The van der Waals surface area contributed by atoms with Gasteiger partial charge in [-0.05, 0) is 20.8 Å². The van der Waals surface area contributed by atoms with Gasteiger partial charge < -0.3 is 0 Å². The molecule has 0 N–H and O–H groups in total. The Balaban J connectivity index is 5.11. The Labute approximate surface area is 75.8 Å². The Morgan fingerprint density at radius 3 is 1.27 bits per heavy atom. The fraction of sp³-hybridized carbons (Fsp3) is 1.00. The van der Waals surface area contributed by atoms with Gasteiger partial charge in [0.2, 0.25) is 0 Å². The smallest absolute Gasteiger partial charge is 0.171 e. The van der Waals surface area contributed by atoms with Gasteiger partial charge in [0, 0.05) is 0 Å². The van der Waals surface area contributed by atoms with E-state index in [1.807, 2.05) is 0 Å². The standard InChI is InChI=1S/C5H15O2P3S/c1-4(2,3)11(6,7)5(8,9)10/h8-10H2,1-3H3. The van der Waals surface area contributed by atoms with Crippen LogP contribution in [0.1, 0.15) is 20.8 Å². The van der Waals surface area contributed by atoms with Crippen LogP contribution in [0.15, 0.2) is 0 Å². The topological polar surface area (TPSA) is 34.1 Å². The fourth-order valence-corrected chi connectivity index (χ4v) is 4.77. The minimum Gasteiger partial charge on any atom is -0.227 e. The highest BCUT2D eigenvalue weighted by Gasteiger charge is 2.40. The lowest BCUT2D eigenvalue weighted by Gasteiger charge is -2.28. The molecule has 3 atom stereocenters. The van der Waals surface area contributed by atoms with Crippen LogP contribution in [-0.2, 0) is 9.84 Å². The first kappa shape index (κ1) is 12.2. The highest BCUT2D eigenvalue weighted by Crippen LogP contribution is 2.45. The molecule has 0 aliphatic rings. The molecule has 0 bridgehead atoms. The summed E-state index contributed by atoms with van der Waals surface area (Å²) in [6.07, 6.45) is 0. The van der Waals surface area contributed by atoms with E-state index in [-0.39, 0.29) is 0 Å². The van der Waals surface area contributed by atoms with Crippen molar-refractivity contribution in [2.75, 3.05) is 0 Å². The molecule has 0 rings (SSSR count). The minimum atomic E-state index is -3.12. The van der Waals surface area contributed by atoms with E-state index >= 15 is 0 Å². The van der Waals surface area contributed by atoms with Gasteiger partial charge in [-0.15, -0.1) is 27.7 Å². The number of rotatable bonds is 1. The van der Waals surface area contributed by atoms with E-state index in [1.54, 1.807) is 20.8 Å². The average Bonchev–Trinajstić information content (AvgIpc) is 1.58. The highest BCUT2D eigenvalue weighted by atomic mass is 32.2. The zero-order valence-electron chi connectivity index (χ0n) is 6.96. The van der Waals surface area contributed by atoms with E-state index in [4.69, 9.17) is 0 Å². The van der Waals surface area contributed by atoms with Crippen LogP contribution in [0, 0.1) is 0 Å². The monoisotopic (exact) mass is 232 g/mol. The van der Waals surface area contributed by atoms with Crippen LogP contribution in [-0.4, -0.2) is 17.1 Å². The van der Waals surface area contributed by atoms with Crippen LogP contribution < -0.4 is 0 Å². The van der Waals surface area contributed by atoms with E-state index < -0.39 is 18.6 Å². The summed E-state index contributed by atoms with van der Waals surface area (Å²) in [5.74, 6) is 0. The maximum Gasteiger partial charge on any atom is 0.171 e. The summed E-state index contributed by atoms with van der Waals surface area (Å²) in [4.78, 5) is 0. The summed E-state index contributed by atoms with van der Waals surface area (Å²) >= 11 is 0. The highest BCUT2D eigenvalue weighted by molar-refractivity contribution is 8.08. The van der Waals surface area contributed by atoms with Crippen LogP contribution in [0.2, 0.25) is 0 Å². The van der Waals surface area contributed by atoms with Crippen molar-refractivity contribution in [2.45, 2.75) is 29.5 Å². The first-order chi connectivity index (χ1) is 4.50. The van der Waals surface area contributed by atoms with Gasteiger partial charge in [-0.2, -0.15) is 0 Å². The Kier molecular flexibility index (Phi) is 3.54. The van der Waals surface area contributed by atoms with Gasteiger partial charge in [-0.1, -0.05) is 0 Å². The molecule has 2 nitrogen and oxygen atoms in total. The second kappa shape index (κ2) is 3.18. The SMILES string of the molecule is CC(C)(C)S(=O)(=O)C(P)(P)P. The Morgan fingerprint density at radius 2 is 1.27 bits per heavy atom. The summed E-state index contributed by atoms with van der Waals surface area (Å²) in [7, 11) is 3.73. The van der Waals surface area contributed by atoms with Crippen molar-refractivity contribution >= 4 is 37.6 Å². The van der Waals surface area contributed by atoms with Gasteiger partial charge in [0.25, 0.3) is 0 Å². The molecule has 0 spiro atoms. The Bertz CT molecular complexity index is 211. The molecule has 6 heteroatoms. The molecular weight excluding hydrogens is 217 g/mol. The van der Waals surface area contributed by atoms with Crippen molar-refractivity contribution < 1.29 is 8.42 Å². The second-order valence-corrected chi connectivity index (χ2v) is 12.5. The van der Waals surface area contributed by atoms with Crippen LogP contribution in [0.5, 0.6) is 0 Å². The molecule has 0 aromatic heterocycles. The molecule has 68 valence electrons. The molecule has 0 aromatic carbocycles. The molecule has 0 heterocycles. The van der Waals surface area contributed by atoms with Gasteiger partial charge in [0.05, 0.1) is 4.75 Å². The van der Waals surface area contributed by atoms with Crippen molar-refractivity contribution in [3.8, 4) is 0 Å². The molecule has 0 aromatic rings. The van der Waals surface area contributed by atoms with Crippen LogP contribution in [0.4, 0.5) is 0 Å². The van der Waals surface area contributed by atoms with Crippen LogP contribution in [0.3, 0.4) is 0 Å². The largest absolute Gasteiger partial charge is 0.227 e. The molecule has 0 aliphatic carbocycles. The predicted octanol–water partition coefficient (Wildman–Crippen LogP) is 1.44. The Morgan fingerprint density at radius 1 is 1.00 bits per heavy atom. The van der Waals surface area contributed by atoms with Crippen LogP contribution >= 0.6 is 27.7 Å². The number of hydrogen-bond donors (Lipinski definition) is 0. The summed E-state index contributed by atoms with van der Waals surface area (Å²) in [5, 5.41) is 0. The van der Waals surface area contributed by atoms with Gasteiger partial charge in [0.1, 0.15) is 3.97 Å². The van der Waals surface area contributed by atoms with E-state index in [0.717, 1.165) is 0 Å². The molecule has 3 unspecified atom stereocenters. The summed E-state index contributed by atoms with van der Waals surface area (Å²) in [6.45, 7) is 5.07. The number of hydrogen-bond acceptors (Lipinski definition) is 2.